The summed E-state index contributed by atoms with van der Waals surface area (Å²) in [7, 11) is 1.49. The second-order valence-electron chi connectivity index (χ2n) is 4.27. The van der Waals surface area contributed by atoms with E-state index in [1.54, 1.807) is 31.2 Å². The molecule has 0 amide bonds. The summed E-state index contributed by atoms with van der Waals surface area (Å²) in [5.74, 6) is -0.0919. The molecular formula is C15H15F2NO. The molecule has 0 unspecified atom stereocenters. The summed E-state index contributed by atoms with van der Waals surface area (Å²) in [6.07, 6.45) is 0. The first-order valence-corrected chi connectivity index (χ1v) is 5.92. The van der Waals surface area contributed by atoms with Crippen LogP contribution in [0.3, 0.4) is 0 Å². The molecule has 0 saturated carbocycles. The summed E-state index contributed by atoms with van der Waals surface area (Å²) < 4.78 is 31.8. The average Bonchev–Trinajstić information content (AvgIpc) is 2.41. The molecule has 100 valence electrons. The van der Waals surface area contributed by atoms with Crippen LogP contribution in [0.5, 0.6) is 5.75 Å². The van der Waals surface area contributed by atoms with Crippen molar-refractivity contribution in [2.24, 2.45) is 0 Å². The van der Waals surface area contributed by atoms with Gasteiger partial charge in [-0.1, -0.05) is 6.07 Å². The van der Waals surface area contributed by atoms with Crippen molar-refractivity contribution in [2.75, 3.05) is 12.4 Å². The Morgan fingerprint density at radius 2 is 1.84 bits per heavy atom. The predicted octanol–water partition coefficient (Wildman–Crippen LogP) is 3.89. The quantitative estimate of drug-likeness (QED) is 0.903. The zero-order valence-electron chi connectivity index (χ0n) is 10.8. The first-order chi connectivity index (χ1) is 9.10. The van der Waals surface area contributed by atoms with Crippen molar-refractivity contribution in [3.8, 4) is 5.75 Å². The Morgan fingerprint density at radius 1 is 1.05 bits per heavy atom. The van der Waals surface area contributed by atoms with E-state index in [9.17, 15) is 8.78 Å². The van der Waals surface area contributed by atoms with Crippen LogP contribution in [0.25, 0.3) is 0 Å². The van der Waals surface area contributed by atoms with Crippen molar-refractivity contribution in [3.63, 3.8) is 0 Å². The van der Waals surface area contributed by atoms with Crippen molar-refractivity contribution >= 4 is 5.69 Å². The normalized spacial score (nSPS) is 10.3. The minimum atomic E-state index is -0.328. The van der Waals surface area contributed by atoms with Crippen molar-refractivity contribution in [2.45, 2.75) is 13.5 Å². The fourth-order valence-electron chi connectivity index (χ4n) is 1.75. The molecule has 2 nitrogen and oxygen atoms in total. The highest BCUT2D eigenvalue weighted by molar-refractivity contribution is 5.46. The lowest BCUT2D eigenvalue weighted by molar-refractivity contribution is 0.411. The molecule has 4 heteroatoms. The molecule has 0 fully saturated rings. The van der Waals surface area contributed by atoms with E-state index in [1.807, 2.05) is 0 Å². The predicted molar refractivity (Wildman–Crippen MR) is 71.4 cm³/mol. The minimum absolute atomic E-state index is 0.249. The van der Waals surface area contributed by atoms with E-state index in [4.69, 9.17) is 4.74 Å². The number of hydrogen-bond donors (Lipinski definition) is 1. The topological polar surface area (TPSA) is 21.3 Å². The van der Waals surface area contributed by atoms with Crippen LogP contribution in [0.1, 0.15) is 11.1 Å². The van der Waals surface area contributed by atoms with Crippen molar-refractivity contribution in [3.05, 3.63) is 59.2 Å². The molecule has 0 aliphatic carbocycles. The Balaban J connectivity index is 2.07. The second kappa shape index (κ2) is 5.69. The molecule has 0 bridgehead atoms. The van der Waals surface area contributed by atoms with Crippen molar-refractivity contribution in [1.29, 1.82) is 0 Å². The summed E-state index contributed by atoms with van der Waals surface area (Å²) in [4.78, 5) is 0. The fourth-order valence-corrected chi connectivity index (χ4v) is 1.75. The van der Waals surface area contributed by atoms with Gasteiger partial charge in [0.1, 0.15) is 17.4 Å². The lowest BCUT2D eigenvalue weighted by Gasteiger charge is -2.09. The maximum Gasteiger partial charge on any atom is 0.131 e. The summed E-state index contributed by atoms with van der Waals surface area (Å²) in [6, 6.07) is 9.42. The van der Waals surface area contributed by atoms with Gasteiger partial charge < -0.3 is 10.1 Å². The number of methoxy groups -OCH3 is 1. The third kappa shape index (κ3) is 3.22. The number of ether oxygens (including phenoxy) is 1. The van der Waals surface area contributed by atoms with Gasteiger partial charge in [-0.3, -0.25) is 0 Å². The molecule has 0 radical (unpaired) electrons. The lowest BCUT2D eigenvalue weighted by Crippen LogP contribution is -2.02. The second-order valence-corrected chi connectivity index (χ2v) is 4.27. The van der Waals surface area contributed by atoms with Gasteiger partial charge in [0.15, 0.2) is 0 Å². The highest BCUT2D eigenvalue weighted by Gasteiger charge is 2.04. The molecule has 0 aliphatic heterocycles. The fraction of sp³-hybridized carbons (Fsp3) is 0.200. The zero-order valence-corrected chi connectivity index (χ0v) is 10.8. The van der Waals surface area contributed by atoms with Gasteiger partial charge in [-0.05, 0) is 36.8 Å². The number of rotatable bonds is 4. The number of benzene rings is 2. The summed E-state index contributed by atoms with van der Waals surface area (Å²) in [5, 5.41) is 3.06. The highest BCUT2D eigenvalue weighted by atomic mass is 19.1. The van der Waals surface area contributed by atoms with Crippen molar-refractivity contribution in [1.82, 2.24) is 0 Å². The molecule has 0 saturated heterocycles. The maximum atomic E-state index is 13.7. The molecule has 2 aromatic carbocycles. The van der Waals surface area contributed by atoms with E-state index in [2.05, 4.69) is 5.32 Å². The molecule has 0 atom stereocenters. The Kier molecular flexibility index (Phi) is 4.00. The van der Waals surface area contributed by atoms with Gasteiger partial charge in [0.2, 0.25) is 0 Å². The van der Waals surface area contributed by atoms with Crippen molar-refractivity contribution < 1.29 is 13.5 Å². The first-order valence-electron chi connectivity index (χ1n) is 5.92. The zero-order chi connectivity index (χ0) is 13.8. The lowest BCUT2D eigenvalue weighted by atomic mass is 10.1. The van der Waals surface area contributed by atoms with Gasteiger partial charge in [-0.15, -0.1) is 0 Å². The molecule has 2 rings (SSSR count). The van der Waals surface area contributed by atoms with Crippen LogP contribution < -0.4 is 10.1 Å². The van der Waals surface area contributed by atoms with E-state index < -0.39 is 0 Å². The molecular weight excluding hydrogens is 248 g/mol. The summed E-state index contributed by atoms with van der Waals surface area (Å²) in [5.41, 5.74) is 1.84. The SMILES string of the molecule is COc1ccc(CNc2ccc(F)c(C)c2)c(F)c1. The van der Waals surface area contributed by atoms with E-state index in [0.29, 0.717) is 23.4 Å². The monoisotopic (exact) mass is 263 g/mol. The van der Waals surface area contributed by atoms with E-state index in [1.165, 1.54) is 19.2 Å². The van der Waals surface area contributed by atoms with Gasteiger partial charge in [-0.25, -0.2) is 8.78 Å². The standard InChI is InChI=1S/C15H15F2NO/c1-10-7-12(4-6-14(10)16)18-9-11-3-5-13(19-2)8-15(11)17/h3-8,18H,9H2,1-2H3. The van der Waals surface area contributed by atoms with Crippen LogP contribution in [0.4, 0.5) is 14.5 Å². The number of halogens is 2. The van der Waals surface area contributed by atoms with Gasteiger partial charge >= 0.3 is 0 Å². The van der Waals surface area contributed by atoms with Crippen LogP contribution in [0.2, 0.25) is 0 Å². The smallest absolute Gasteiger partial charge is 0.131 e. The van der Waals surface area contributed by atoms with Gasteiger partial charge in [0.25, 0.3) is 0 Å². The molecule has 2 aromatic rings. The number of nitrogens with one attached hydrogen (secondary N) is 1. The molecule has 0 heterocycles. The van der Waals surface area contributed by atoms with E-state index in [-0.39, 0.29) is 11.6 Å². The third-order valence-corrected chi connectivity index (χ3v) is 2.90. The van der Waals surface area contributed by atoms with Gasteiger partial charge in [0.05, 0.1) is 7.11 Å². The largest absolute Gasteiger partial charge is 0.497 e. The number of aryl methyl sites for hydroxylation is 1. The number of hydrogen-bond acceptors (Lipinski definition) is 2. The van der Waals surface area contributed by atoms with Crippen LogP contribution in [0, 0.1) is 18.6 Å². The molecule has 1 N–H and O–H groups in total. The Morgan fingerprint density at radius 3 is 2.47 bits per heavy atom. The van der Waals surface area contributed by atoms with E-state index >= 15 is 0 Å². The molecule has 19 heavy (non-hydrogen) atoms. The Labute approximate surface area is 111 Å². The van der Waals surface area contributed by atoms with Crippen LogP contribution in [-0.2, 0) is 6.54 Å². The molecule has 0 aromatic heterocycles. The highest BCUT2D eigenvalue weighted by Crippen LogP contribution is 2.18. The van der Waals surface area contributed by atoms with Crippen LogP contribution in [0.15, 0.2) is 36.4 Å². The first kappa shape index (κ1) is 13.3. The summed E-state index contributed by atoms with van der Waals surface area (Å²) >= 11 is 0. The Hall–Kier alpha value is -2.10. The maximum absolute atomic E-state index is 13.7. The van der Waals surface area contributed by atoms with Crippen LogP contribution >= 0.6 is 0 Å². The number of anilines is 1. The average molecular weight is 263 g/mol. The Bertz CT molecular complexity index is 584. The van der Waals surface area contributed by atoms with Gasteiger partial charge in [-0.2, -0.15) is 0 Å². The summed E-state index contributed by atoms with van der Waals surface area (Å²) in [6.45, 7) is 2.02. The van der Waals surface area contributed by atoms with E-state index in [0.717, 1.165) is 5.69 Å². The minimum Gasteiger partial charge on any atom is -0.497 e. The van der Waals surface area contributed by atoms with Gasteiger partial charge in [0, 0.05) is 23.9 Å². The third-order valence-electron chi connectivity index (χ3n) is 2.90. The van der Waals surface area contributed by atoms with Crippen LogP contribution in [-0.4, -0.2) is 7.11 Å². The molecule has 0 spiro atoms. The molecule has 0 aliphatic rings.